The molecule has 0 radical (unpaired) electrons. The van der Waals surface area contributed by atoms with Crippen molar-refractivity contribution >= 4 is 11.5 Å². The summed E-state index contributed by atoms with van der Waals surface area (Å²) in [4.78, 5) is 22.9. The average molecular weight is 394 g/mol. The molecule has 1 aliphatic rings. The van der Waals surface area contributed by atoms with E-state index in [1.54, 1.807) is 12.1 Å². The number of Topliss-reactive ketones (excluding diaryl/α,β-unsaturated/α-hetero) is 1. The Labute approximate surface area is 173 Å². The highest BCUT2D eigenvalue weighted by atomic mass is 16.6. The zero-order valence-corrected chi connectivity index (χ0v) is 17.3. The lowest BCUT2D eigenvalue weighted by atomic mass is 9.77. The summed E-state index contributed by atoms with van der Waals surface area (Å²) in [5.41, 5.74) is 2.90. The van der Waals surface area contributed by atoms with Crippen LogP contribution in [0.1, 0.15) is 85.7 Å². The molecule has 0 aromatic heterocycles. The second kappa shape index (κ2) is 10.3. The van der Waals surface area contributed by atoms with Gasteiger partial charge in [0.1, 0.15) is 0 Å². The molecule has 4 nitrogen and oxygen atoms in total. The van der Waals surface area contributed by atoms with Gasteiger partial charge in [-0.2, -0.15) is 0 Å². The smallest absolute Gasteiger partial charge is 0.269 e. The fourth-order valence-corrected chi connectivity index (χ4v) is 4.43. The van der Waals surface area contributed by atoms with Gasteiger partial charge in [0, 0.05) is 24.1 Å². The molecular formula is C25H31NO3. The third kappa shape index (κ3) is 5.99. The fraction of sp³-hybridized carbons (Fsp3) is 0.480. The second-order valence-corrected chi connectivity index (χ2v) is 8.36. The van der Waals surface area contributed by atoms with E-state index in [1.165, 1.54) is 69.1 Å². The summed E-state index contributed by atoms with van der Waals surface area (Å²) in [6.07, 6.45) is 10.8. The molecule has 0 saturated heterocycles. The third-order valence-electron chi connectivity index (χ3n) is 6.28. The van der Waals surface area contributed by atoms with Crippen LogP contribution in [0.4, 0.5) is 5.69 Å². The number of unbranched alkanes of at least 4 members (excludes halogenated alkanes) is 2. The largest absolute Gasteiger partial charge is 0.294 e. The minimum absolute atomic E-state index is 0.0463. The first-order valence-electron chi connectivity index (χ1n) is 10.9. The maximum atomic E-state index is 12.6. The van der Waals surface area contributed by atoms with Crippen LogP contribution in [0, 0.1) is 16.0 Å². The van der Waals surface area contributed by atoms with Gasteiger partial charge >= 0.3 is 0 Å². The van der Waals surface area contributed by atoms with E-state index in [4.69, 9.17) is 0 Å². The van der Waals surface area contributed by atoms with Crippen molar-refractivity contribution in [1.82, 2.24) is 0 Å². The lowest BCUT2D eigenvalue weighted by molar-refractivity contribution is -0.384. The van der Waals surface area contributed by atoms with Gasteiger partial charge in [-0.15, -0.1) is 0 Å². The van der Waals surface area contributed by atoms with Crippen LogP contribution in [0.15, 0.2) is 48.5 Å². The molecule has 0 amide bonds. The summed E-state index contributed by atoms with van der Waals surface area (Å²) >= 11 is 0. The first-order chi connectivity index (χ1) is 14.1. The predicted octanol–water partition coefficient (Wildman–Crippen LogP) is 6.87. The van der Waals surface area contributed by atoms with Gasteiger partial charge in [0.25, 0.3) is 5.69 Å². The molecule has 2 aromatic carbocycles. The van der Waals surface area contributed by atoms with E-state index in [0.717, 1.165) is 11.5 Å². The van der Waals surface area contributed by atoms with Crippen LogP contribution in [0.25, 0.3) is 0 Å². The number of carbonyl (C=O) groups is 1. The number of nitro groups is 1. The van der Waals surface area contributed by atoms with Crippen molar-refractivity contribution in [1.29, 1.82) is 0 Å². The molecule has 0 aliphatic heterocycles. The van der Waals surface area contributed by atoms with Crippen LogP contribution in [0.2, 0.25) is 0 Å². The van der Waals surface area contributed by atoms with Gasteiger partial charge in [-0.25, -0.2) is 0 Å². The zero-order chi connectivity index (χ0) is 20.6. The van der Waals surface area contributed by atoms with E-state index < -0.39 is 4.92 Å². The van der Waals surface area contributed by atoms with Crippen LogP contribution in [-0.2, 0) is 6.42 Å². The number of nitro benzene ring substituents is 1. The molecule has 1 fully saturated rings. The van der Waals surface area contributed by atoms with Gasteiger partial charge in [-0.05, 0) is 48.6 Å². The van der Waals surface area contributed by atoms with E-state index in [2.05, 4.69) is 19.1 Å². The monoisotopic (exact) mass is 393 g/mol. The number of non-ortho nitro benzene ring substituents is 1. The topological polar surface area (TPSA) is 60.2 Å². The lowest BCUT2D eigenvalue weighted by Gasteiger charge is -2.29. The molecular weight excluding hydrogens is 362 g/mol. The Bertz CT molecular complexity index is 803. The molecule has 29 heavy (non-hydrogen) atoms. The Hall–Kier alpha value is -2.49. The number of carbonyl (C=O) groups excluding carboxylic acids is 1. The number of hydrogen-bond donors (Lipinski definition) is 0. The maximum Gasteiger partial charge on any atom is 0.269 e. The van der Waals surface area contributed by atoms with Crippen molar-refractivity contribution in [2.75, 3.05) is 0 Å². The van der Waals surface area contributed by atoms with Crippen LogP contribution in [-0.4, -0.2) is 10.7 Å². The summed E-state index contributed by atoms with van der Waals surface area (Å²) in [5, 5.41) is 10.7. The van der Waals surface area contributed by atoms with Gasteiger partial charge in [0.15, 0.2) is 5.78 Å². The summed E-state index contributed by atoms with van der Waals surface area (Å²) in [7, 11) is 0. The number of nitrogens with zero attached hydrogens (tertiary/aromatic N) is 1. The van der Waals surface area contributed by atoms with Gasteiger partial charge in [-0.1, -0.05) is 69.0 Å². The van der Waals surface area contributed by atoms with Crippen molar-refractivity contribution in [3.05, 3.63) is 75.3 Å². The molecule has 4 heteroatoms. The minimum Gasteiger partial charge on any atom is -0.294 e. The molecule has 2 aromatic rings. The predicted molar refractivity (Wildman–Crippen MR) is 116 cm³/mol. The Morgan fingerprint density at radius 2 is 1.62 bits per heavy atom. The summed E-state index contributed by atoms with van der Waals surface area (Å²) in [5.74, 6) is 1.57. The molecule has 3 rings (SSSR count). The number of rotatable bonds is 9. The van der Waals surface area contributed by atoms with E-state index in [1.807, 2.05) is 12.1 Å². The standard InChI is InChI=1S/C25H31NO3/c1-2-3-4-5-19-6-10-21(11-7-19)22-12-14-23(15-13-22)25(27)18-20-8-16-24(17-9-20)26(28)29/h8-9,12-17,19,21H,2-7,10-11,18H2,1H3. The maximum absolute atomic E-state index is 12.6. The molecule has 1 aliphatic carbocycles. The highest BCUT2D eigenvalue weighted by molar-refractivity contribution is 5.97. The van der Waals surface area contributed by atoms with Crippen molar-refractivity contribution < 1.29 is 9.72 Å². The quantitative estimate of drug-likeness (QED) is 0.202. The molecule has 0 N–H and O–H groups in total. The van der Waals surface area contributed by atoms with Gasteiger partial charge in [0.05, 0.1) is 4.92 Å². The Morgan fingerprint density at radius 1 is 0.966 bits per heavy atom. The lowest BCUT2D eigenvalue weighted by Crippen LogP contribution is -2.13. The van der Waals surface area contributed by atoms with E-state index >= 15 is 0 Å². The van der Waals surface area contributed by atoms with Gasteiger partial charge in [-0.3, -0.25) is 14.9 Å². The molecule has 0 unspecified atom stereocenters. The van der Waals surface area contributed by atoms with Crippen LogP contribution in [0.5, 0.6) is 0 Å². The SMILES string of the molecule is CCCCCC1CCC(c2ccc(C(=O)Cc3ccc([N+](=O)[O-])cc3)cc2)CC1. The number of ketones is 1. The van der Waals surface area contributed by atoms with Gasteiger partial charge < -0.3 is 0 Å². The zero-order valence-electron chi connectivity index (χ0n) is 17.3. The highest BCUT2D eigenvalue weighted by Crippen LogP contribution is 2.37. The summed E-state index contributed by atoms with van der Waals surface area (Å²) in [6, 6.07) is 14.3. The van der Waals surface area contributed by atoms with E-state index in [0.29, 0.717) is 11.5 Å². The fourth-order valence-electron chi connectivity index (χ4n) is 4.43. The van der Waals surface area contributed by atoms with Crippen LogP contribution >= 0.6 is 0 Å². The van der Waals surface area contributed by atoms with Crippen molar-refractivity contribution in [3.63, 3.8) is 0 Å². The van der Waals surface area contributed by atoms with Crippen molar-refractivity contribution in [2.45, 2.75) is 70.6 Å². The molecule has 0 bridgehead atoms. The van der Waals surface area contributed by atoms with Gasteiger partial charge in [0.2, 0.25) is 0 Å². The molecule has 0 atom stereocenters. The third-order valence-corrected chi connectivity index (χ3v) is 6.28. The first kappa shape index (κ1) is 21.2. The summed E-state index contributed by atoms with van der Waals surface area (Å²) in [6.45, 7) is 2.26. The van der Waals surface area contributed by atoms with E-state index in [9.17, 15) is 14.9 Å². The van der Waals surface area contributed by atoms with Crippen LogP contribution in [0.3, 0.4) is 0 Å². The number of hydrogen-bond acceptors (Lipinski definition) is 3. The summed E-state index contributed by atoms with van der Waals surface area (Å²) < 4.78 is 0. The Morgan fingerprint density at radius 3 is 2.21 bits per heavy atom. The number of benzene rings is 2. The molecule has 154 valence electrons. The van der Waals surface area contributed by atoms with E-state index in [-0.39, 0.29) is 17.9 Å². The molecule has 0 spiro atoms. The second-order valence-electron chi connectivity index (χ2n) is 8.36. The van der Waals surface area contributed by atoms with Crippen molar-refractivity contribution in [3.8, 4) is 0 Å². The highest BCUT2D eigenvalue weighted by Gasteiger charge is 2.22. The molecule has 0 heterocycles. The first-order valence-corrected chi connectivity index (χ1v) is 10.9. The normalized spacial score (nSPS) is 19.1. The Kier molecular flexibility index (Phi) is 7.56. The average Bonchev–Trinajstić information content (AvgIpc) is 2.75. The Balaban J connectivity index is 1.52. The van der Waals surface area contributed by atoms with Crippen LogP contribution < -0.4 is 0 Å². The minimum atomic E-state index is -0.428. The van der Waals surface area contributed by atoms with Crippen molar-refractivity contribution in [2.24, 2.45) is 5.92 Å². The molecule has 1 saturated carbocycles.